The van der Waals surface area contributed by atoms with Crippen LogP contribution in [-0.2, 0) is 22.6 Å². The SMILES string of the molecule is CC(C)(C)OC(=O)N(Cc1ccccc1)C(N)=Nc1nc(-c2ccc(OCCCN(C(=O)OCc3ccccc3)c3ccc(Cl)c(Cl)c3)cc2)cs1. The molecular formula is C39H39Cl2N5O5S. The molecule has 0 radical (unpaired) electrons. The molecule has 0 bridgehead atoms. The van der Waals surface area contributed by atoms with Crippen LogP contribution in [0.3, 0.4) is 0 Å². The maximum absolute atomic E-state index is 13.1. The van der Waals surface area contributed by atoms with Crippen LogP contribution in [0.1, 0.15) is 38.3 Å². The number of nitrogens with two attached hydrogens (primary N) is 1. The molecule has 0 aliphatic heterocycles. The average molecular weight is 761 g/mol. The summed E-state index contributed by atoms with van der Waals surface area (Å²) in [7, 11) is 0. The molecule has 270 valence electrons. The van der Waals surface area contributed by atoms with E-state index >= 15 is 0 Å². The standard InChI is InChI=1S/C39H39Cl2N5O5S/c1-39(2,3)51-38(48)46(24-27-11-6-4-7-12-27)35(42)44-36-43-34(26-52-36)29-15-18-31(19-16-29)49-22-10-21-45(30-17-20-32(40)33(41)23-30)37(47)50-25-28-13-8-5-9-14-28/h4-9,11-20,23,26H,10,21-22,24-25H2,1-3H3,(H2,42,43,44). The van der Waals surface area contributed by atoms with E-state index < -0.39 is 17.8 Å². The number of hydrogen-bond donors (Lipinski definition) is 1. The highest BCUT2D eigenvalue weighted by Crippen LogP contribution is 2.30. The zero-order chi connectivity index (χ0) is 37.1. The third kappa shape index (κ3) is 11.2. The van der Waals surface area contributed by atoms with Crippen molar-refractivity contribution in [1.82, 2.24) is 9.88 Å². The van der Waals surface area contributed by atoms with Gasteiger partial charge in [0.2, 0.25) is 11.1 Å². The number of thiazole rings is 1. The molecular weight excluding hydrogens is 721 g/mol. The quantitative estimate of drug-likeness (QED) is 0.0764. The van der Waals surface area contributed by atoms with Gasteiger partial charge < -0.3 is 19.9 Å². The van der Waals surface area contributed by atoms with Gasteiger partial charge in [-0.05, 0) is 80.8 Å². The molecule has 0 aliphatic rings. The number of nitrogens with zero attached hydrogens (tertiary/aromatic N) is 4. The van der Waals surface area contributed by atoms with Gasteiger partial charge in [-0.3, -0.25) is 4.90 Å². The lowest BCUT2D eigenvalue weighted by Gasteiger charge is -2.26. The number of benzene rings is 4. The van der Waals surface area contributed by atoms with Crippen LogP contribution in [0.15, 0.2) is 114 Å². The summed E-state index contributed by atoms with van der Waals surface area (Å²) in [6.45, 7) is 6.38. The van der Waals surface area contributed by atoms with E-state index in [4.69, 9.17) is 43.1 Å². The number of hydrogen-bond acceptors (Lipinski definition) is 8. The predicted octanol–water partition coefficient (Wildman–Crippen LogP) is 10.1. The number of amides is 2. The zero-order valence-electron chi connectivity index (χ0n) is 29.0. The molecule has 0 aliphatic carbocycles. The number of rotatable bonds is 12. The molecule has 5 aromatic rings. The van der Waals surface area contributed by atoms with Crippen molar-refractivity contribution in [3.8, 4) is 17.0 Å². The van der Waals surface area contributed by atoms with Crippen LogP contribution in [0, 0.1) is 0 Å². The third-order valence-corrected chi connectivity index (χ3v) is 8.83. The number of anilines is 1. The number of aromatic nitrogens is 1. The van der Waals surface area contributed by atoms with Crippen LogP contribution in [0.5, 0.6) is 5.75 Å². The summed E-state index contributed by atoms with van der Waals surface area (Å²) in [6.07, 6.45) is -0.592. The largest absolute Gasteiger partial charge is 0.494 e. The molecule has 0 fully saturated rings. The third-order valence-electron chi connectivity index (χ3n) is 7.36. The smallest absolute Gasteiger partial charge is 0.417 e. The minimum Gasteiger partial charge on any atom is -0.494 e. The number of carbonyl (C=O) groups excluding carboxylic acids is 2. The number of halogens is 2. The molecule has 10 nitrogen and oxygen atoms in total. The highest BCUT2D eigenvalue weighted by Gasteiger charge is 2.25. The monoisotopic (exact) mass is 759 g/mol. The molecule has 2 amide bonds. The summed E-state index contributed by atoms with van der Waals surface area (Å²) >= 11 is 13.7. The van der Waals surface area contributed by atoms with Crippen LogP contribution in [0.2, 0.25) is 10.0 Å². The zero-order valence-corrected chi connectivity index (χ0v) is 31.3. The summed E-state index contributed by atoms with van der Waals surface area (Å²) in [5.41, 5.74) is 9.51. The maximum atomic E-state index is 13.1. The van der Waals surface area contributed by atoms with Gasteiger partial charge in [0.1, 0.15) is 18.0 Å². The van der Waals surface area contributed by atoms with Gasteiger partial charge in [-0.2, -0.15) is 4.99 Å². The van der Waals surface area contributed by atoms with E-state index in [1.165, 1.54) is 21.1 Å². The Hall–Kier alpha value is -5.10. The van der Waals surface area contributed by atoms with Crippen molar-refractivity contribution in [2.75, 3.05) is 18.1 Å². The molecule has 0 unspecified atom stereocenters. The maximum Gasteiger partial charge on any atom is 0.417 e. The van der Waals surface area contributed by atoms with Crippen molar-refractivity contribution in [1.29, 1.82) is 0 Å². The van der Waals surface area contributed by atoms with E-state index in [-0.39, 0.29) is 19.1 Å². The number of guanidine groups is 1. The molecule has 1 aromatic heterocycles. The fourth-order valence-electron chi connectivity index (χ4n) is 4.84. The first kappa shape index (κ1) is 38.1. The second-order valence-corrected chi connectivity index (χ2v) is 14.2. The van der Waals surface area contributed by atoms with E-state index in [0.29, 0.717) is 51.9 Å². The van der Waals surface area contributed by atoms with Crippen LogP contribution in [0.25, 0.3) is 11.3 Å². The summed E-state index contributed by atoms with van der Waals surface area (Å²) < 4.78 is 17.2. The number of carbonyl (C=O) groups is 2. The van der Waals surface area contributed by atoms with Gasteiger partial charge in [0.25, 0.3) is 0 Å². The lowest BCUT2D eigenvalue weighted by molar-refractivity contribution is 0.0357. The van der Waals surface area contributed by atoms with E-state index in [2.05, 4.69) is 9.98 Å². The van der Waals surface area contributed by atoms with Crippen molar-refractivity contribution in [2.24, 2.45) is 10.7 Å². The molecule has 52 heavy (non-hydrogen) atoms. The summed E-state index contributed by atoms with van der Waals surface area (Å²) in [5, 5.41) is 2.99. The van der Waals surface area contributed by atoms with Crippen LogP contribution >= 0.6 is 34.5 Å². The van der Waals surface area contributed by atoms with Crippen molar-refractivity contribution in [2.45, 2.75) is 45.9 Å². The van der Waals surface area contributed by atoms with Gasteiger partial charge in [-0.15, -0.1) is 11.3 Å². The fourth-order valence-corrected chi connectivity index (χ4v) is 5.83. The Kier molecular flexibility index (Phi) is 13.1. The van der Waals surface area contributed by atoms with E-state index in [1.54, 1.807) is 39.0 Å². The lowest BCUT2D eigenvalue weighted by Crippen LogP contribution is -2.44. The molecule has 0 atom stereocenters. The molecule has 1 heterocycles. The molecule has 0 saturated heterocycles. The molecule has 2 N–H and O–H groups in total. The van der Waals surface area contributed by atoms with Crippen molar-refractivity contribution >= 4 is 63.5 Å². The Labute approximate surface area is 317 Å². The molecule has 0 spiro atoms. The number of aliphatic imine (C=N–C) groups is 1. The van der Waals surface area contributed by atoms with Gasteiger partial charge in [-0.25, -0.2) is 19.5 Å². The van der Waals surface area contributed by atoms with Gasteiger partial charge in [0, 0.05) is 23.2 Å². The number of ether oxygens (including phenoxy) is 3. The molecule has 0 saturated carbocycles. The minimum absolute atomic E-state index is 0.0232. The Balaban J connectivity index is 1.19. The lowest BCUT2D eigenvalue weighted by atomic mass is 10.2. The van der Waals surface area contributed by atoms with E-state index in [0.717, 1.165) is 16.7 Å². The van der Waals surface area contributed by atoms with Gasteiger partial charge in [-0.1, -0.05) is 83.9 Å². The van der Waals surface area contributed by atoms with Crippen molar-refractivity contribution in [3.63, 3.8) is 0 Å². The second-order valence-electron chi connectivity index (χ2n) is 12.6. The first-order valence-corrected chi connectivity index (χ1v) is 18.1. The summed E-state index contributed by atoms with van der Waals surface area (Å²) in [4.78, 5) is 38.1. The van der Waals surface area contributed by atoms with E-state index in [1.807, 2.05) is 90.3 Å². The highest BCUT2D eigenvalue weighted by atomic mass is 35.5. The first-order chi connectivity index (χ1) is 24.9. The Morgan fingerprint density at radius 3 is 2.19 bits per heavy atom. The Morgan fingerprint density at radius 2 is 1.54 bits per heavy atom. The molecule has 4 aromatic carbocycles. The Bertz CT molecular complexity index is 1970. The highest BCUT2D eigenvalue weighted by molar-refractivity contribution is 7.13. The fraction of sp³-hybridized carbons (Fsp3) is 0.231. The normalized spacial score (nSPS) is 11.5. The van der Waals surface area contributed by atoms with Crippen LogP contribution < -0.4 is 15.4 Å². The first-order valence-electron chi connectivity index (χ1n) is 16.5. The predicted molar refractivity (Wildman–Crippen MR) is 208 cm³/mol. The summed E-state index contributed by atoms with van der Waals surface area (Å²) in [6, 6.07) is 31.4. The summed E-state index contributed by atoms with van der Waals surface area (Å²) in [5.74, 6) is 0.632. The molecule has 13 heteroatoms. The van der Waals surface area contributed by atoms with Crippen molar-refractivity contribution < 1.29 is 23.8 Å². The van der Waals surface area contributed by atoms with Crippen LogP contribution in [-0.4, -0.2) is 46.8 Å². The molecule has 5 rings (SSSR count). The topological polar surface area (TPSA) is 120 Å². The van der Waals surface area contributed by atoms with Crippen molar-refractivity contribution in [3.05, 3.63) is 130 Å². The van der Waals surface area contributed by atoms with Gasteiger partial charge >= 0.3 is 12.2 Å². The minimum atomic E-state index is -0.709. The second kappa shape index (κ2) is 17.9. The van der Waals surface area contributed by atoms with Crippen LogP contribution in [0.4, 0.5) is 20.4 Å². The van der Waals surface area contributed by atoms with Gasteiger partial charge in [0.15, 0.2) is 0 Å². The average Bonchev–Trinajstić information content (AvgIpc) is 3.59. The Morgan fingerprint density at radius 1 is 0.865 bits per heavy atom. The van der Waals surface area contributed by atoms with E-state index in [9.17, 15) is 9.59 Å². The van der Waals surface area contributed by atoms with Gasteiger partial charge in [0.05, 0.1) is 28.9 Å².